The molecule has 0 saturated carbocycles. The van der Waals surface area contributed by atoms with Crippen molar-refractivity contribution in [2.75, 3.05) is 0 Å². The van der Waals surface area contributed by atoms with Crippen LogP contribution in [0, 0.1) is 0 Å². The van der Waals surface area contributed by atoms with E-state index in [1.807, 2.05) is 13.8 Å². The van der Waals surface area contributed by atoms with Crippen molar-refractivity contribution in [1.82, 2.24) is 0 Å². The van der Waals surface area contributed by atoms with Gasteiger partial charge in [0.2, 0.25) is 0 Å². The van der Waals surface area contributed by atoms with Gasteiger partial charge in [0.05, 0.1) is 0 Å². The predicted octanol–water partition coefficient (Wildman–Crippen LogP) is 3.47. The van der Waals surface area contributed by atoms with Crippen LogP contribution in [0.15, 0.2) is 24.3 Å². The molecule has 0 fully saturated rings. The molecule has 1 aromatic rings. The van der Waals surface area contributed by atoms with Gasteiger partial charge in [-0.1, -0.05) is 24.3 Å². The Morgan fingerprint density at radius 2 is 1.56 bits per heavy atom. The molecule has 0 radical (unpaired) electrons. The third-order valence-electron chi connectivity index (χ3n) is 2.52. The molecule has 0 heterocycles. The molecule has 2 N–H and O–H groups in total. The summed E-state index contributed by atoms with van der Waals surface area (Å²) in [5, 5.41) is 0. The SMILES string of the molecule is CC(C)(N)CCc1ccc(C(C)(F)F)cc1. The molecule has 0 bridgehead atoms. The molecule has 16 heavy (non-hydrogen) atoms. The van der Waals surface area contributed by atoms with Crippen LogP contribution in [0.5, 0.6) is 0 Å². The average molecular weight is 227 g/mol. The van der Waals surface area contributed by atoms with Gasteiger partial charge in [0.25, 0.3) is 5.92 Å². The van der Waals surface area contributed by atoms with Crippen LogP contribution in [-0.4, -0.2) is 5.54 Å². The van der Waals surface area contributed by atoms with Gasteiger partial charge in [-0.05, 0) is 32.3 Å². The maximum absolute atomic E-state index is 12.9. The molecule has 3 heteroatoms. The van der Waals surface area contributed by atoms with E-state index in [0.717, 1.165) is 25.3 Å². The van der Waals surface area contributed by atoms with Crippen molar-refractivity contribution >= 4 is 0 Å². The molecule has 0 aromatic heterocycles. The fourth-order valence-electron chi connectivity index (χ4n) is 1.43. The van der Waals surface area contributed by atoms with E-state index in [0.29, 0.717) is 0 Å². The van der Waals surface area contributed by atoms with Crippen LogP contribution in [0.2, 0.25) is 0 Å². The number of benzene rings is 1. The summed E-state index contributed by atoms with van der Waals surface area (Å²) in [6.45, 7) is 4.83. The molecule has 0 spiro atoms. The first-order valence-corrected chi connectivity index (χ1v) is 5.45. The minimum absolute atomic E-state index is 0.0586. The summed E-state index contributed by atoms with van der Waals surface area (Å²) in [6, 6.07) is 6.47. The summed E-state index contributed by atoms with van der Waals surface area (Å²) >= 11 is 0. The lowest BCUT2D eigenvalue weighted by Gasteiger charge is -2.18. The fraction of sp³-hybridized carbons (Fsp3) is 0.538. The van der Waals surface area contributed by atoms with Gasteiger partial charge in [0, 0.05) is 18.0 Å². The van der Waals surface area contributed by atoms with E-state index in [2.05, 4.69) is 0 Å². The maximum atomic E-state index is 12.9. The summed E-state index contributed by atoms with van der Waals surface area (Å²) in [5.74, 6) is -2.76. The lowest BCUT2D eigenvalue weighted by atomic mass is 9.96. The molecule has 0 atom stereocenters. The van der Waals surface area contributed by atoms with Gasteiger partial charge in [-0.15, -0.1) is 0 Å². The molecule has 0 amide bonds. The molecular formula is C13H19F2N. The molecule has 0 unspecified atom stereocenters. The van der Waals surface area contributed by atoms with E-state index in [-0.39, 0.29) is 11.1 Å². The van der Waals surface area contributed by atoms with Crippen LogP contribution in [0.3, 0.4) is 0 Å². The van der Waals surface area contributed by atoms with Gasteiger partial charge < -0.3 is 5.73 Å². The third kappa shape index (κ3) is 4.27. The van der Waals surface area contributed by atoms with E-state index in [9.17, 15) is 8.78 Å². The van der Waals surface area contributed by atoms with Crippen molar-refractivity contribution in [1.29, 1.82) is 0 Å². The number of rotatable bonds is 4. The topological polar surface area (TPSA) is 26.0 Å². The lowest BCUT2D eigenvalue weighted by molar-refractivity contribution is 0.0174. The smallest absolute Gasteiger partial charge is 0.270 e. The first-order valence-electron chi connectivity index (χ1n) is 5.45. The minimum atomic E-state index is -2.76. The van der Waals surface area contributed by atoms with Crippen LogP contribution < -0.4 is 5.73 Å². The van der Waals surface area contributed by atoms with Gasteiger partial charge in [-0.3, -0.25) is 0 Å². The highest BCUT2D eigenvalue weighted by molar-refractivity contribution is 5.25. The molecule has 0 aliphatic rings. The van der Waals surface area contributed by atoms with Gasteiger partial charge in [-0.2, -0.15) is 0 Å². The summed E-state index contributed by atoms with van der Waals surface area (Å²) in [5.41, 5.74) is 6.75. The highest BCUT2D eigenvalue weighted by Gasteiger charge is 2.23. The molecule has 1 aromatic carbocycles. The quantitative estimate of drug-likeness (QED) is 0.837. The summed E-state index contributed by atoms with van der Waals surface area (Å²) in [4.78, 5) is 0. The Balaban J connectivity index is 2.66. The number of halogens is 2. The van der Waals surface area contributed by atoms with Gasteiger partial charge >= 0.3 is 0 Å². The molecule has 0 aliphatic carbocycles. The Labute approximate surface area is 95.7 Å². The second-order valence-electron chi connectivity index (χ2n) is 5.07. The van der Waals surface area contributed by atoms with E-state index in [1.54, 1.807) is 12.1 Å². The normalized spacial score (nSPS) is 12.9. The number of aryl methyl sites for hydroxylation is 1. The molecular weight excluding hydrogens is 208 g/mol. The zero-order valence-corrected chi connectivity index (χ0v) is 10.1. The van der Waals surface area contributed by atoms with Crippen LogP contribution >= 0.6 is 0 Å². The third-order valence-corrected chi connectivity index (χ3v) is 2.52. The molecule has 1 nitrogen and oxygen atoms in total. The number of alkyl halides is 2. The number of hydrogen-bond donors (Lipinski definition) is 1. The van der Waals surface area contributed by atoms with Crippen molar-refractivity contribution in [3.05, 3.63) is 35.4 Å². The fourth-order valence-corrected chi connectivity index (χ4v) is 1.43. The zero-order valence-electron chi connectivity index (χ0n) is 10.1. The largest absolute Gasteiger partial charge is 0.326 e. The summed E-state index contributed by atoms with van der Waals surface area (Å²) in [6.07, 6.45) is 1.66. The van der Waals surface area contributed by atoms with E-state index < -0.39 is 5.92 Å². The average Bonchev–Trinajstić information content (AvgIpc) is 2.13. The molecule has 90 valence electrons. The predicted molar refractivity (Wildman–Crippen MR) is 62.6 cm³/mol. The summed E-state index contributed by atoms with van der Waals surface area (Å²) < 4.78 is 25.9. The molecule has 0 saturated heterocycles. The Morgan fingerprint density at radius 1 is 1.06 bits per heavy atom. The Morgan fingerprint density at radius 3 is 1.94 bits per heavy atom. The standard InChI is InChI=1S/C13H19F2N/c1-12(2,16)9-8-10-4-6-11(7-5-10)13(3,14)15/h4-7H,8-9,16H2,1-3H3. The van der Waals surface area contributed by atoms with Gasteiger partial charge in [0.15, 0.2) is 0 Å². The van der Waals surface area contributed by atoms with Crippen molar-refractivity contribution in [3.8, 4) is 0 Å². The van der Waals surface area contributed by atoms with Crippen molar-refractivity contribution in [3.63, 3.8) is 0 Å². The Bertz CT molecular complexity index is 330. The van der Waals surface area contributed by atoms with Crippen molar-refractivity contribution in [2.45, 2.75) is 45.1 Å². The second kappa shape index (κ2) is 4.50. The van der Waals surface area contributed by atoms with Crippen molar-refractivity contribution in [2.24, 2.45) is 5.73 Å². The Hall–Kier alpha value is -0.960. The van der Waals surface area contributed by atoms with Gasteiger partial charge in [0.1, 0.15) is 0 Å². The maximum Gasteiger partial charge on any atom is 0.270 e. The highest BCUT2D eigenvalue weighted by atomic mass is 19.3. The monoisotopic (exact) mass is 227 g/mol. The van der Waals surface area contributed by atoms with E-state index in [4.69, 9.17) is 5.73 Å². The van der Waals surface area contributed by atoms with Crippen LogP contribution in [-0.2, 0) is 12.3 Å². The highest BCUT2D eigenvalue weighted by Crippen LogP contribution is 2.27. The van der Waals surface area contributed by atoms with Gasteiger partial charge in [-0.25, -0.2) is 8.78 Å². The Kier molecular flexibility index (Phi) is 3.68. The zero-order chi connectivity index (χ0) is 12.4. The van der Waals surface area contributed by atoms with Crippen LogP contribution in [0.4, 0.5) is 8.78 Å². The summed E-state index contributed by atoms with van der Waals surface area (Å²) in [7, 11) is 0. The van der Waals surface area contributed by atoms with E-state index in [1.165, 1.54) is 12.1 Å². The number of hydrogen-bond acceptors (Lipinski definition) is 1. The minimum Gasteiger partial charge on any atom is -0.326 e. The van der Waals surface area contributed by atoms with Crippen LogP contribution in [0.1, 0.15) is 38.3 Å². The number of nitrogens with two attached hydrogens (primary N) is 1. The van der Waals surface area contributed by atoms with Crippen molar-refractivity contribution < 1.29 is 8.78 Å². The lowest BCUT2D eigenvalue weighted by Crippen LogP contribution is -2.32. The van der Waals surface area contributed by atoms with E-state index >= 15 is 0 Å². The van der Waals surface area contributed by atoms with Crippen LogP contribution in [0.25, 0.3) is 0 Å². The second-order valence-corrected chi connectivity index (χ2v) is 5.07. The first kappa shape index (κ1) is 13.1. The first-order chi connectivity index (χ1) is 7.18. The molecule has 0 aliphatic heterocycles. The molecule has 1 rings (SSSR count).